The number of carbonyl (C=O) groups is 1. The zero-order valence-corrected chi connectivity index (χ0v) is 15.1. The van der Waals surface area contributed by atoms with Gasteiger partial charge in [0.2, 0.25) is 5.91 Å². The molecule has 0 atom stereocenters. The molecule has 4 heteroatoms. The Balaban J connectivity index is 1.61. The van der Waals surface area contributed by atoms with Gasteiger partial charge in [-0.15, -0.1) is 0 Å². The molecule has 4 nitrogen and oxygen atoms in total. The van der Waals surface area contributed by atoms with E-state index in [0.717, 1.165) is 28.8 Å². The molecule has 0 aliphatic carbocycles. The van der Waals surface area contributed by atoms with Gasteiger partial charge in [0, 0.05) is 12.6 Å². The Bertz CT molecular complexity index is 865. The lowest BCUT2D eigenvalue weighted by Gasteiger charge is -2.11. The largest absolute Gasteiger partial charge is 0.355 e. The molecule has 130 valence electrons. The molecule has 0 radical (unpaired) electrons. The molecule has 3 aromatic rings. The standard InChI is InChI=1S/C21H25N3O/c1-15(2)24-16(3)23-19-13-18(9-10-20(19)24)14-21(25)22-12-11-17-7-5-4-6-8-17/h4-10,13,15H,11-12,14H2,1-3H3,(H,22,25). The summed E-state index contributed by atoms with van der Waals surface area (Å²) in [4.78, 5) is 16.8. The summed E-state index contributed by atoms with van der Waals surface area (Å²) in [5, 5.41) is 3.00. The average molecular weight is 335 g/mol. The van der Waals surface area contributed by atoms with E-state index in [1.807, 2.05) is 37.3 Å². The maximum Gasteiger partial charge on any atom is 0.224 e. The summed E-state index contributed by atoms with van der Waals surface area (Å²) in [7, 11) is 0. The molecule has 1 aromatic heterocycles. The quantitative estimate of drug-likeness (QED) is 0.744. The lowest BCUT2D eigenvalue weighted by atomic mass is 10.1. The van der Waals surface area contributed by atoms with Crippen molar-refractivity contribution in [2.75, 3.05) is 6.54 Å². The summed E-state index contributed by atoms with van der Waals surface area (Å²) in [6.45, 7) is 6.99. The van der Waals surface area contributed by atoms with Crippen LogP contribution in [0.25, 0.3) is 11.0 Å². The van der Waals surface area contributed by atoms with Crippen molar-refractivity contribution in [2.45, 2.75) is 39.7 Å². The Morgan fingerprint density at radius 2 is 1.88 bits per heavy atom. The first-order valence-electron chi connectivity index (χ1n) is 8.82. The fraction of sp³-hybridized carbons (Fsp3) is 0.333. The van der Waals surface area contributed by atoms with Crippen LogP contribution in [0.3, 0.4) is 0 Å². The first kappa shape index (κ1) is 17.2. The number of nitrogens with one attached hydrogen (secondary N) is 1. The smallest absolute Gasteiger partial charge is 0.224 e. The van der Waals surface area contributed by atoms with E-state index < -0.39 is 0 Å². The fourth-order valence-electron chi connectivity index (χ4n) is 3.27. The number of aryl methyl sites for hydroxylation is 1. The lowest BCUT2D eigenvalue weighted by molar-refractivity contribution is -0.120. The Labute approximate surface area is 148 Å². The summed E-state index contributed by atoms with van der Waals surface area (Å²) in [6, 6.07) is 16.7. The zero-order valence-electron chi connectivity index (χ0n) is 15.1. The third-order valence-corrected chi connectivity index (χ3v) is 4.39. The summed E-state index contributed by atoms with van der Waals surface area (Å²) in [5.74, 6) is 1.06. The highest BCUT2D eigenvalue weighted by molar-refractivity contribution is 5.82. The predicted molar refractivity (Wildman–Crippen MR) is 102 cm³/mol. The second-order valence-electron chi connectivity index (χ2n) is 6.71. The van der Waals surface area contributed by atoms with E-state index in [-0.39, 0.29) is 5.91 Å². The average Bonchev–Trinajstić information content (AvgIpc) is 2.91. The van der Waals surface area contributed by atoms with E-state index in [1.54, 1.807) is 0 Å². The molecule has 0 unspecified atom stereocenters. The number of hydrogen-bond acceptors (Lipinski definition) is 2. The van der Waals surface area contributed by atoms with Crippen LogP contribution in [-0.4, -0.2) is 22.0 Å². The molecule has 0 saturated carbocycles. The molecule has 0 aliphatic heterocycles. The van der Waals surface area contributed by atoms with Gasteiger partial charge in [0.25, 0.3) is 0 Å². The van der Waals surface area contributed by atoms with Crippen LogP contribution >= 0.6 is 0 Å². The van der Waals surface area contributed by atoms with Crippen LogP contribution in [0.4, 0.5) is 0 Å². The Morgan fingerprint density at radius 1 is 1.12 bits per heavy atom. The van der Waals surface area contributed by atoms with Crippen molar-refractivity contribution in [1.82, 2.24) is 14.9 Å². The van der Waals surface area contributed by atoms with E-state index in [0.29, 0.717) is 19.0 Å². The van der Waals surface area contributed by atoms with Crippen molar-refractivity contribution in [2.24, 2.45) is 0 Å². The first-order chi connectivity index (χ1) is 12.0. The molecule has 1 N–H and O–H groups in total. The number of hydrogen-bond donors (Lipinski definition) is 1. The minimum absolute atomic E-state index is 0.0512. The highest BCUT2D eigenvalue weighted by atomic mass is 16.1. The lowest BCUT2D eigenvalue weighted by Crippen LogP contribution is -2.27. The number of rotatable bonds is 6. The summed E-state index contributed by atoms with van der Waals surface area (Å²) in [6.07, 6.45) is 1.24. The van der Waals surface area contributed by atoms with Crippen molar-refractivity contribution in [1.29, 1.82) is 0 Å². The van der Waals surface area contributed by atoms with Crippen molar-refractivity contribution in [3.8, 4) is 0 Å². The van der Waals surface area contributed by atoms with Crippen LogP contribution in [0.1, 0.15) is 36.8 Å². The van der Waals surface area contributed by atoms with Gasteiger partial charge in [-0.3, -0.25) is 4.79 Å². The molecule has 2 aromatic carbocycles. The minimum Gasteiger partial charge on any atom is -0.355 e. The number of benzene rings is 2. The number of nitrogens with zero attached hydrogens (tertiary/aromatic N) is 2. The van der Waals surface area contributed by atoms with Crippen LogP contribution in [-0.2, 0) is 17.6 Å². The van der Waals surface area contributed by atoms with E-state index in [2.05, 4.69) is 46.9 Å². The predicted octanol–water partition coefficient (Wildman–Crippen LogP) is 3.83. The van der Waals surface area contributed by atoms with Gasteiger partial charge in [0.05, 0.1) is 17.5 Å². The molecule has 0 saturated heterocycles. The SMILES string of the molecule is Cc1nc2cc(CC(=O)NCCc3ccccc3)ccc2n1C(C)C. The van der Waals surface area contributed by atoms with Gasteiger partial charge in [0.1, 0.15) is 5.82 Å². The van der Waals surface area contributed by atoms with Gasteiger partial charge < -0.3 is 9.88 Å². The topological polar surface area (TPSA) is 46.9 Å². The van der Waals surface area contributed by atoms with Crippen molar-refractivity contribution in [3.05, 3.63) is 65.5 Å². The van der Waals surface area contributed by atoms with E-state index in [4.69, 9.17) is 0 Å². The highest BCUT2D eigenvalue weighted by Gasteiger charge is 2.11. The molecule has 25 heavy (non-hydrogen) atoms. The first-order valence-corrected chi connectivity index (χ1v) is 8.82. The number of imidazole rings is 1. The van der Waals surface area contributed by atoms with Crippen molar-refractivity contribution < 1.29 is 4.79 Å². The zero-order chi connectivity index (χ0) is 17.8. The number of carbonyl (C=O) groups excluding carboxylic acids is 1. The maximum atomic E-state index is 12.2. The highest BCUT2D eigenvalue weighted by Crippen LogP contribution is 2.22. The maximum absolute atomic E-state index is 12.2. The number of fused-ring (bicyclic) bond motifs is 1. The monoisotopic (exact) mass is 335 g/mol. The fourth-order valence-corrected chi connectivity index (χ4v) is 3.27. The second kappa shape index (κ2) is 7.51. The summed E-state index contributed by atoms with van der Waals surface area (Å²) >= 11 is 0. The Hall–Kier alpha value is -2.62. The molecule has 1 heterocycles. The third-order valence-electron chi connectivity index (χ3n) is 4.39. The second-order valence-corrected chi connectivity index (χ2v) is 6.71. The van der Waals surface area contributed by atoms with Crippen LogP contribution in [0.5, 0.6) is 0 Å². The van der Waals surface area contributed by atoms with Crippen LogP contribution in [0.15, 0.2) is 48.5 Å². The normalized spacial score (nSPS) is 11.2. The van der Waals surface area contributed by atoms with Crippen molar-refractivity contribution >= 4 is 16.9 Å². The van der Waals surface area contributed by atoms with Crippen LogP contribution in [0, 0.1) is 6.92 Å². The molecule has 0 aliphatic rings. The van der Waals surface area contributed by atoms with E-state index in [9.17, 15) is 4.79 Å². The third kappa shape index (κ3) is 4.08. The van der Waals surface area contributed by atoms with E-state index in [1.165, 1.54) is 5.56 Å². The summed E-state index contributed by atoms with van der Waals surface area (Å²) < 4.78 is 2.22. The molecular weight excluding hydrogens is 310 g/mol. The van der Waals surface area contributed by atoms with Gasteiger partial charge in [-0.2, -0.15) is 0 Å². The number of aromatic nitrogens is 2. The molecule has 0 bridgehead atoms. The van der Waals surface area contributed by atoms with Gasteiger partial charge in [-0.05, 0) is 50.5 Å². The van der Waals surface area contributed by atoms with Crippen LogP contribution < -0.4 is 5.32 Å². The Morgan fingerprint density at radius 3 is 2.60 bits per heavy atom. The van der Waals surface area contributed by atoms with Gasteiger partial charge in [-0.25, -0.2) is 4.98 Å². The van der Waals surface area contributed by atoms with Gasteiger partial charge in [-0.1, -0.05) is 36.4 Å². The van der Waals surface area contributed by atoms with Gasteiger partial charge >= 0.3 is 0 Å². The summed E-state index contributed by atoms with van der Waals surface area (Å²) in [5.41, 5.74) is 4.32. The molecular formula is C21H25N3O. The Kier molecular flexibility index (Phi) is 5.17. The molecule has 1 amide bonds. The van der Waals surface area contributed by atoms with Crippen LogP contribution in [0.2, 0.25) is 0 Å². The molecule has 3 rings (SSSR count). The molecule has 0 fully saturated rings. The van der Waals surface area contributed by atoms with Gasteiger partial charge in [0.15, 0.2) is 0 Å². The van der Waals surface area contributed by atoms with E-state index >= 15 is 0 Å². The minimum atomic E-state index is 0.0512. The molecule has 0 spiro atoms. The number of amides is 1. The van der Waals surface area contributed by atoms with Crippen molar-refractivity contribution in [3.63, 3.8) is 0 Å².